The minimum absolute atomic E-state index is 0.0246. The summed E-state index contributed by atoms with van der Waals surface area (Å²) in [6.45, 7) is 5.04. The molecule has 2 N–H and O–H groups in total. The molecule has 0 radical (unpaired) electrons. The molecule has 0 aliphatic carbocycles. The molecule has 0 aromatic heterocycles. The van der Waals surface area contributed by atoms with Gasteiger partial charge in [0.15, 0.2) is 0 Å². The molecule has 132 valence electrons. The van der Waals surface area contributed by atoms with Crippen LogP contribution in [0.1, 0.15) is 25.5 Å². The van der Waals surface area contributed by atoms with Crippen LogP contribution in [0.2, 0.25) is 0 Å². The van der Waals surface area contributed by atoms with Gasteiger partial charge in [0.05, 0.1) is 19.3 Å². The number of hydrogen-bond acceptors (Lipinski definition) is 5. The van der Waals surface area contributed by atoms with Crippen molar-refractivity contribution >= 4 is 17.5 Å². The molecule has 0 spiro atoms. The largest absolute Gasteiger partial charge is 0.386 e. The van der Waals surface area contributed by atoms with E-state index >= 15 is 0 Å². The lowest BCUT2D eigenvalue weighted by atomic mass is 10.00. The number of ether oxygens (including phenoxy) is 2. The molecule has 7 heteroatoms. The summed E-state index contributed by atoms with van der Waals surface area (Å²) >= 11 is 0. The maximum absolute atomic E-state index is 12.1. The molecule has 0 saturated carbocycles. The van der Waals surface area contributed by atoms with Crippen molar-refractivity contribution in [2.45, 2.75) is 26.0 Å². The molecule has 2 amide bonds. The van der Waals surface area contributed by atoms with Crippen molar-refractivity contribution in [2.24, 2.45) is 0 Å². The third-order valence-electron chi connectivity index (χ3n) is 3.85. The van der Waals surface area contributed by atoms with Crippen molar-refractivity contribution in [3.8, 4) is 0 Å². The molecular weight excluding hydrogens is 312 g/mol. The second-order valence-corrected chi connectivity index (χ2v) is 5.61. The van der Waals surface area contributed by atoms with Gasteiger partial charge >= 0.3 is 0 Å². The minimum atomic E-state index is -0.873. The summed E-state index contributed by atoms with van der Waals surface area (Å²) in [5, 5.41) is 13.3. The average molecular weight is 336 g/mol. The molecule has 2 atom stereocenters. The van der Waals surface area contributed by atoms with Gasteiger partial charge in [-0.2, -0.15) is 0 Å². The normalized spacial score (nSPS) is 19.2. The van der Waals surface area contributed by atoms with E-state index in [4.69, 9.17) is 9.47 Å². The van der Waals surface area contributed by atoms with Gasteiger partial charge in [0.25, 0.3) is 0 Å². The highest BCUT2D eigenvalue weighted by Gasteiger charge is 2.34. The Morgan fingerprint density at radius 2 is 2.17 bits per heavy atom. The van der Waals surface area contributed by atoms with Gasteiger partial charge in [0.1, 0.15) is 12.7 Å². The van der Waals surface area contributed by atoms with Crippen LogP contribution >= 0.6 is 0 Å². The topological polar surface area (TPSA) is 88.1 Å². The summed E-state index contributed by atoms with van der Waals surface area (Å²) in [5.74, 6) is -0.309. The maximum atomic E-state index is 12.1. The first-order valence-corrected chi connectivity index (χ1v) is 8.03. The van der Waals surface area contributed by atoms with Gasteiger partial charge in [0, 0.05) is 25.8 Å². The third-order valence-corrected chi connectivity index (χ3v) is 3.85. The number of carbonyl (C=O) groups is 2. The zero-order valence-electron chi connectivity index (χ0n) is 14.0. The lowest BCUT2D eigenvalue weighted by Gasteiger charge is -2.38. The predicted octanol–water partition coefficient (Wildman–Crippen LogP) is 0.942. The molecule has 7 nitrogen and oxygen atoms in total. The van der Waals surface area contributed by atoms with E-state index in [0.29, 0.717) is 31.0 Å². The number of aliphatic hydroxyl groups excluding tert-OH is 1. The number of benzene rings is 1. The second-order valence-electron chi connectivity index (χ2n) is 5.61. The molecular formula is C17H24N2O5. The number of nitrogens with one attached hydrogen (secondary N) is 1. The summed E-state index contributed by atoms with van der Waals surface area (Å²) < 4.78 is 10.6. The predicted molar refractivity (Wildman–Crippen MR) is 88.5 cm³/mol. The Morgan fingerprint density at radius 3 is 2.79 bits per heavy atom. The zero-order chi connectivity index (χ0) is 17.5. The number of morpholine rings is 1. The third kappa shape index (κ3) is 4.77. The van der Waals surface area contributed by atoms with Crippen molar-refractivity contribution in [1.82, 2.24) is 4.90 Å². The van der Waals surface area contributed by atoms with E-state index in [1.807, 2.05) is 6.92 Å². The first-order valence-electron chi connectivity index (χ1n) is 8.03. The summed E-state index contributed by atoms with van der Waals surface area (Å²) in [6, 6.07) is 6.44. The fourth-order valence-corrected chi connectivity index (χ4v) is 2.67. The molecule has 1 aliphatic rings. The van der Waals surface area contributed by atoms with E-state index in [1.54, 1.807) is 29.2 Å². The van der Waals surface area contributed by atoms with Crippen LogP contribution in [0.5, 0.6) is 0 Å². The Bertz CT molecular complexity index is 561. The lowest BCUT2D eigenvalue weighted by molar-refractivity contribution is -0.155. The van der Waals surface area contributed by atoms with Gasteiger partial charge in [0.2, 0.25) is 11.8 Å². The summed E-state index contributed by atoms with van der Waals surface area (Å²) in [6.07, 6.45) is -0.873. The standard InChI is InChI=1S/C17H24N2O5/c1-3-23-9-8-19-15(10-24-11-16(19)21)17(22)13-4-6-14(7-5-13)18-12(2)20/h4-7,15,17,22H,3,8-11H2,1-2H3,(H,18,20). The second kappa shape index (κ2) is 8.77. The highest BCUT2D eigenvalue weighted by atomic mass is 16.5. The fraction of sp³-hybridized carbons (Fsp3) is 0.529. The van der Waals surface area contributed by atoms with Gasteiger partial charge in [-0.05, 0) is 24.6 Å². The Labute approximate surface area is 141 Å². The maximum Gasteiger partial charge on any atom is 0.249 e. The Kier molecular flexibility index (Phi) is 6.72. The molecule has 24 heavy (non-hydrogen) atoms. The quantitative estimate of drug-likeness (QED) is 0.724. The van der Waals surface area contributed by atoms with Gasteiger partial charge < -0.3 is 24.8 Å². The Morgan fingerprint density at radius 1 is 1.46 bits per heavy atom. The molecule has 1 aromatic rings. The summed E-state index contributed by atoms with van der Waals surface area (Å²) in [5.41, 5.74) is 1.32. The number of carbonyl (C=O) groups excluding carboxylic acids is 2. The number of hydrogen-bond donors (Lipinski definition) is 2. The van der Waals surface area contributed by atoms with E-state index in [9.17, 15) is 14.7 Å². The average Bonchev–Trinajstić information content (AvgIpc) is 2.56. The van der Waals surface area contributed by atoms with Crippen LogP contribution in [0.25, 0.3) is 0 Å². The van der Waals surface area contributed by atoms with Crippen LogP contribution in [0.3, 0.4) is 0 Å². The van der Waals surface area contributed by atoms with E-state index in [2.05, 4.69) is 5.32 Å². The van der Waals surface area contributed by atoms with Crippen LogP contribution in [0, 0.1) is 0 Å². The van der Waals surface area contributed by atoms with Crippen LogP contribution in [-0.2, 0) is 19.1 Å². The van der Waals surface area contributed by atoms with Crippen LogP contribution in [0.15, 0.2) is 24.3 Å². The Hall–Kier alpha value is -1.96. The van der Waals surface area contributed by atoms with E-state index < -0.39 is 12.1 Å². The number of amides is 2. The summed E-state index contributed by atoms with van der Waals surface area (Å²) in [7, 11) is 0. The van der Waals surface area contributed by atoms with Gasteiger partial charge in [-0.25, -0.2) is 0 Å². The number of rotatable bonds is 7. The fourth-order valence-electron chi connectivity index (χ4n) is 2.67. The monoisotopic (exact) mass is 336 g/mol. The number of nitrogens with zero attached hydrogens (tertiary/aromatic N) is 1. The van der Waals surface area contributed by atoms with E-state index in [-0.39, 0.29) is 25.0 Å². The summed E-state index contributed by atoms with van der Waals surface area (Å²) in [4.78, 5) is 24.8. The molecule has 1 aliphatic heterocycles. The highest BCUT2D eigenvalue weighted by molar-refractivity contribution is 5.88. The minimum Gasteiger partial charge on any atom is -0.386 e. The van der Waals surface area contributed by atoms with Crippen molar-refractivity contribution < 1.29 is 24.2 Å². The van der Waals surface area contributed by atoms with Crippen LogP contribution < -0.4 is 5.32 Å². The molecule has 0 bridgehead atoms. The van der Waals surface area contributed by atoms with Crippen LogP contribution in [-0.4, -0.2) is 60.8 Å². The molecule has 2 unspecified atom stereocenters. The lowest BCUT2D eigenvalue weighted by Crippen LogP contribution is -2.53. The molecule has 1 fully saturated rings. The van der Waals surface area contributed by atoms with Gasteiger partial charge in [-0.1, -0.05) is 12.1 Å². The van der Waals surface area contributed by atoms with Crippen molar-refractivity contribution in [2.75, 3.05) is 38.3 Å². The van der Waals surface area contributed by atoms with Crippen LogP contribution in [0.4, 0.5) is 5.69 Å². The van der Waals surface area contributed by atoms with Crippen molar-refractivity contribution in [3.05, 3.63) is 29.8 Å². The zero-order valence-corrected chi connectivity index (χ0v) is 14.0. The van der Waals surface area contributed by atoms with E-state index in [0.717, 1.165) is 0 Å². The molecule has 1 saturated heterocycles. The SMILES string of the molecule is CCOCCN1C(=O)COCC1C(O)c1ccc(NC(C)=O)cc1. The first-order chi connectivity index (χ1) is 11.5. The number of anilines is 1. The van der Waals surface area contributed by atoms with Gasteiger partial charge in [-0.15, -0.1) is 0 Å². The van der Waals surface area contributed by atoms with Crippen molar-refractivity contribution in [1.29, 1.82) is 0 Å². The first kappa shape index (κ1) is 18.4. The molecule has 1 aromatic carbocycles. The smallest absolute Gasteiger partial charge is 0.249 e. The number of aliphatic hydroxyl groups is 1. The molecule has 1 heterocycles. The molecule has 2 rings (SSSR count). The Balaban J connectivity index is 2.08. The van der Waals surface area contributed by atoms with E-state index in [1.165, 1.54) is 6.92 Å². The van der Waals surface area contributed by atoms with Gasteiger partial charge in [-0.3, -0.25) is 9.59 Å². The van der Waals surface area contributed by atoms with Crippen molar-refractivity contribution in [3.63, 3.8) is 0 Å². The highest BCUT2D eigenvalue weighted by Crippen LogP contribution is 2.25.